The molecule has 1 N–H and O–H groups in total. The number of amides is 2. The van der Waals surface area contributed by atoms with Crippen molar-refractivity contribution < 1.29 is 18.0 Å². The second-order valence-electron chi connectivity index (χ2n) is 7.34. The van der Waals surface area contributed by atoms with Crippen LogP contribution >= 0.6 is 0 Å². The highest BCUT2D eigenvalue weighted by molar-refractivity contribution is 7.92. The molecule has 0 aliphatic carbocycles. The van der Waals surface area contributed by atoms with Gasteiger partial charge in [-0.3, -0.25) is 13.9 Å². The Balaban J connectivity index is 2.38. The van der Waals surface area contributed by atoms with Crippen molar-refractivity contribution in [2.24, 2.45) is 0 Å². The fourth-order valence-electron chi connectivity index (χ4n) is 3.38. The van der Waals surface area contributed by atoms with E-state index in [1.165, 1.54) is 11.9 Å². The fraction of sp³-hybridized carbons (Fsp3) is 0.391. The molecule has 0 saturated heterocycles. The maximum atomic E-state index is 13.4. The van der Waals surface area contributed by atoms with E-state index in [-0.39, 0.29) is 19.0 Å². The lowest BCUT2D eigenvalue weighted by molar-refractivity contribution is -0.140. The minimum Gasteiger partial charge on any atom is -0.357 e. The summed E-state index contributed by atoms with van der Waals surface area (Å²) in [5.41, 5.74) is 2.34. The Morgan fingerprint density at radius 1 is 0.968 bits per heavy atom. The first kappa shape index (κ1) is 24.4. The van der Waals surface area contributed by atoms with E-state index < -0.39 is 22.0 Å². The number of hydrogen-bond donors (Lipinski definition) is 1. The van der Waals surface area contributed by atoms with Crippen LogP contribution in [0, 0.1) is 0 Å². The summed E-state index contributed by atoms with van der Waals surface area (Å²) in [6.07, 6.45) is 2.31. The number of sulfonamides is 1. The first-order valence-electron chi connectivity index (χ1n) is 10.3. The second-order valence-corrected chi connectivity index (χ2v) is 9.24. The van der Waals surface area contributed by atoms with E-state index >= 15 is 0 Å². The van der Waals surface area contributed by atoms with Gasteiger partial charge in [0, 0.05) is 13.6 Å². The highest BCUT2D eigenvalue weighted by Crippen LogP contribution is 2.20. The van der Waals surface area contributed by atoms with Gasteiger partial charge in [0.15, 0.2) is 0 Å². The van der Waals surface area contributed by atoms with Crippen LogP contribution in [0.2, 0.25) is 0 Å². The Kier molecular flexibility index (Phi) is 8.62. The first-order chi connectivity index (χ1) is 14.7. The minimum absolute atomic E-state index is 0.206. The average molecular weight is 446 g/mol. The van der Waals surface area contributed by atoms with Crippen molar-refractivity contribution >= 4 is 27.5 Å². The highest BCUT2D eigenvalue weighted by Gasteiger charge is 2.31. The van der Waals surface area contributed by atoms with E-state index in [4.69, 9.17) is 0 Å². The molecule has 0 fully saturated rings. The van der Waals surface area contributed by atoms with E-state index in [9.17, 15) is 18.0 Å². The smallest absolute Gasteiger partial charge is 0.244 e. The molecule has 0 saturated carbocycles. The van der Waals surface area contributed by atoms with Gasteiger partial charge in [-0.05, 0) is 36.1 Å². The van der Waals surface area contributed by atoms with Gasteiger partial charge in [0.05, 0.1) is 11.9 Å². The summed E-state index contributed by atoms with van der Waals surface area (Å²) in [6, 6.07) is 15.7. The number of anilines is 1. The van der Waals surface area contributed by atoms with Crippen LogP contribution in [0.5, 0.6) is 0 Å². The number of rotatable bonds is 10. The van der Waals surface area contributed by atoms with Crippen molar-refractivity contribution in [2.75, 3.05) is 24.2 Å². The SMILES string of the molecule is CCc1ccc(N(CC(=O)N(Cc2ccccc2)[C@H](CC)C(=O)NC)S(C)(=O)=O)cc1. The number of hydrogen-bond acceptors (Lipinski definition) is 4. The van der Waals surface area contributed by atoms with Gasteiger partial charge in [-0.1, -0.05) is 56.3 Å². The van der Waals surface area contributed by atoms with E-state index in [1.807, 2.05) is 56.3 Å². The van der Waals surface area contributed by atoms with E-state index in [0.29, 0.717) is 12.1 Å². The molecule has 2 amide bonds. The number of likely N-dealkylation sites (N-methyl/N-ethyl adjacent to an activating group) is 1. The summed E-state index contributed by atoms with van der Waals surface area (Å²) in [5, 5.41) is 2.60. The third kappa shape index (κ3) is 6.55. The van der Waals surface area contributed by atoms with Crippen molar-refractivity contribution in [3.05, 3.63) is 65.7 Å². The van der Waals surface area contributed by atoms with Crippen LogP contribution in [-0.2, 0) is 32.6 Å². The third-order valence-corrected chi connectivity index (χ3v) is 6.28. The Morgan fingerprint density at radius 3 is 2.06 bits per heavy atom. The molecule has 1 atom stereocenters. The molecule has 2 aromatic rings. The zero-order chi connectivity index (χ0) is 23.0. The van der Waals surface area contributed by atoms with E-state index in [2.05, 4.69) is 5.32 Å². The summed E-state index contributed by atoms with van der Waals surface area (Å²) < 4.78 is 26.1. The monoisotopic (exact) mass is 445 g/mol. The van der Waals surface area contributed by atoms with E-state index in [1.54, 1.807) is 12.1 Å². The molecular weight excluding hydrogens is 414 g/mol. The van der Waals surface area contributed by atoms with Gasteiger partial charge >= 0.3 is 0 Å². The third-order valence-electron chi connectivity index (χ3n) is 5.14. The molecule has 8 heteroatoms. The summed E-state index contributed by atoms with van der Waals surface area (Å²) >= 11 is 0. The highest BCUT2D eigenvalue weighted by atomic mass is 32.2. The predicted octanol–water partition coefficient (Wildman–Crippen LogP) is 2.57. The molecule has 0 aromatic heterocycles. The van der Waals surface area contributed by atoms with Crippen LogP contribution in [0.3, 0.4) is 0 Å². The summed E-state index contributed by atoms with van der Waals surface area (Å²) in [4.78, 5) is 27.3. The molecular formula is C23H31N3O4S. The van der Waals surface area contributed by atoms with Gasteiger partial charge in [0.1, 0.15) is 12.6 Å². The number of nitrogens with one attached hydrogen (secondary N) is 1. The molecule has 2 aromatic carbocycles. The maximum Gasteiger partial charge on any atom is 0.244 e. The Bertz CT molecular complexity index is 976. The zero-order valence-electron chi connectivity index (χ0n) is 18.5. The van der Waals surface area contributed by atoms with Crippen LogP contribution in [0.15, 0.2) is 54.6 Å². The van der Waals surface area contributed by atoms with E-state index in [0.717, 1.165) is 28.1 Å². The van der Waals surface area contributed by atoms with Crippen LogP contribution in [0.4, 0.5) is 5.69 Å². The minimum atomic E-state index is -3.71. The number of benzene rings is 2. The molecule has 0 aliphatic rings. The molecule has 31 heavy (non-hydrogen) atoms. The van der Waals surface area contributed by atoms with Crippen molar-refractivity contribution in [1.82, 2.24) is 10.2 Å². The predicted molar refractivity (Wildman–Crippen MR) is 123 cm³/mol. The zero-order valence-corrected chi connectivity index (χ0v) is 19.4. The number of carbonyl (C=O) groups is 2. The van der Waals surface area contributed by atoms with Crippen LogP contribution in [0.1, 0.15) is 31.4 Å². The summed E-state index contributed by atoms with van der Waals surface area (Å²) in [7, 11) is -2.19. The molecule has 2 rings (SSSR count). The van der Waals surface area contributed by atoms with Gasteiger partial charge in [0.2, 0.25) is 21.8 Å². The van der Waals surface area contributed by atoms with Crippen molar-refractivity contribution in [3.63, 3.8) is 0 Å². The Morgan fingerprint density at radius 2 is 1.58 bits per heavy atom. The van der Waals surface area contributed by atoms with Gasteiger partial charge in [-0.15, -0.1) is 0 Å². The molecule has 7 nitrogen and oxygen atoms in total. The van der Waals surface area contributed by atoms with Crippen LogP contribution in [0.25, 0.3) is 0 Å². The lowest BCUT2D eigenvalue weighted by atomic mass is 10.1. The fourth-order valence-corrected chi connectivity index (χ4v) is 4.23. The molecule has 168 valence electrons. The normalized spacial score (nSPS) is 12.1. The summed E-state index contributed by atoms with van der Waals surface area (Å²) in [6.45, 7) is 3.66. The second kappa shape index (κ2) is 10.9. The number of aryl methyl sites for hydroxylation is 1. The molecule has 0 radical (unpaired) electrons. The largest absolute Gasteiger partial charge is 0.357 e. The Hall–Kier alpha value is -2.87. The van der Waals surface area contributed by atoms with Crippen LogP contribution in [-0.4, -0.2) is 51.0 Å². The number of carbonyl (C=O) groups excluding carboxylic acids is 2. The average Bonchev–Trinajstić information content (AvgIpc) is 2.77. The van der Waals surface area contributed by atoms with Gasteiger partial charge in [-0.25, -0.2) is 8.42 Å². The van der Waals surface area contributed by atoms with Crippen molar-refractivity contribution in [2.45, 2.75) is 39.3 Å². The lowest BCUT2D eigenvalue weighted by Crippen LogP contribution is -2.51. The maximum absolute atomic E-state index is 13.4. The molecule has 0 unspecified atom stereocenters. The topological polar surface area (TPSA) is 86.8 Å². The van der Waals surface area contributed by atoms with Gasteiger partial charge in [-0.2, -0.15) is 0 Å². The van der Waals surface area contributed by atoms with Crippen molar-refractivity contribution in [3.8, 4) is 0 Å². The van der Waals surface area contributed by atoms with Crippen LogP contribution < -0.4 is 9.62 Å². The number of nitrogens with zero attached hydrogens (tertiary/aromatic N) is 2. The quantitative estimate of drug-likeness (QED) is 0.609. The molecule has 0 aliphatic heterocycles. The standard InChI is InChI=1S/C23H31N3O4S/c1-5-18-12-14-20(15-13-18)26(31(4,29)30)17-22(27)25(21(6-2)23(28)24-3)16-19-10-8-7-9-11-19/h7-15,21H,5-6,16-17H2,1-4H3,(H,24,28)/t21-/m1/s1. The van der Waals surface area contributed by atoms with Gasteiger partial charge in [0.25, 0.3) is 0 Å². The molecule has 0 bridgehead atoms. The molecule has 0 heterocycles. The lowest BCUT2D eigenvalue weighted by Gasteiger charge is -2.32. The van der Waals surface area contributed by atoms with Gasteiger partial charge < -0.3 is 10.2 Å². The Labute approximate surface area is 185 Å². The first-order valence-corrected chi connectivity index (χ1v) is 12.2. The summed E-state index contributed by atoms with van der Waals surface area (Å²) in [5.74, 6) is -0.728. The molecule has 0 spiro atoms. The van der Waals surface area contributed by atoms with Crippen molar-refractivity contribution in [1.29, 1.82) is 0 Å².